The third-order valence-electron chi connectivity index (χ3n) is 2.43. The van der Waals surface area contributed by atoms with E-state index in [2.05, 4.69) is 39.5 Å². The summed E-state index contributed by atoms with van der Waals surface area (Å²) < 4.78 is 0. The van der Waals surface area contributed by atoms with Crippen molar-refractivity contribution >= 4 is 0 Å². The van der Waals surface area contributed by atoms with Crippen LogP contribution in [0.1, 0.15) is 53.9 Å². The largest absolute Gasteiger partial charge is 0.345 e. The highest BCUT2D eigenvalue weighted by molar-refractivity contribution is 5.13. The van der Waals surface area contributed by atoms with E-state index in [4.69, 9.17) is 5.26 Å². The molecule has 14 heavy (non-hydrogen) atoms. The first-order valence-corrected chi connectivity index (χ1v) is 5.58. The highest BCUT2D eigenvalue weighted by atomic mass is 17.1. The summed E-state index contributed by atoms with van der Waals surface area (Å²) in [5.74, 6) is 1.65. The molecule has 0 spiro atoms. The van der Waals surface area contributed by atoms with Crippen molar-refractivity contribution in [3.63, 3.8) is 0 Å². The first kappa shape index (κ1) is 13.5. The summed E-state index contributed by atoms with van der Waals surface area (Å²) in [7, 11) is 0. The predicted octanol–water partition coefficient (Wildman–Crippen LogP) is 4.23. The normalized spacial score (nSPS) is 10.9. The van der Waals surface area contributed by atoms with Gasteiger partial charge in [0, 0.05) is 6.42 Å². The van der Waals surface area contributed by atoms with Gasteiger partial charge < -0.3 is 4.89 Å². The van der Waals surface area contributed by atoms with E-state index in [1.807, 2.05) is 0 Å². The number of rotatable bonds is 6. The van der Waals surface area contributed by atoms with Gasteiger partial charge in [-0.05, 0) is 23.8 Å². The van der Waals surface area contributed by atoms with E-state index in [0.717, 1.165) is 25.0 Å². The lowest BCUT2D eigenvalue weighted by Crippen LogP contribution is -2.08. The maximum absolute atomic E-state index is 8.86. The molecule has 0 atom stereocenters. The van der Waals surface area contributed by atoms with Crippen LogP contribution in [0.3, 0.4) is 0 Å². The zero-order valence-electron chi connectivity index (χ0n) is 10.1. The molecule has 0 heterocycles. The average Bonchev–Trinajstić information content (AvgIpc) is 2.10. The molecule has 0 aliphatic carbocycles. The first-order valence-electron chi connectivity index (χ1n) is 5.58. The Labute approximate surface area is 87.9 Å². The molecule has 2 heteroatoms. The molecule has 0 aromatic rings. The third-order valence-corrected chi connectivity index (χ3v) is 2.43. The molecular formula is C12H24O2. The minimum Gasteiger partial charge on any atom is -0.345 e. The van der Waals surface area contributed by atoms with E-state index in [9.17, 15) is 0 Å². The molecule has 0 amide bonds. The van der Waals surface area contributed by atoms with Gasteiger partial charge in [0.2, 0.25) is 0 Å². The van der Waals surface area contributed by atoms with Gasteiger partial charge in [-0.3, -0.25) is 0 Å². The van der Waals surface area contributed by atoms with Crippen LogP contribution in [-0.2, 0) is 4.89 Å². The van der Waals surface area contributed by atoms with Crippen LogP contribution in [0.2, 0.25) is 0 Å². The van der Waals surface area contributed by atoms with Crippen LogP contribution in [0.4, 0.5) is 0 Å². The van der Waals surface area contributed by atoms with Crippen LogP contribution in [-0.4, -0.2) is 5.26 Å². The van der Waals surface area contributed by atoms with Crippen molar-refractivity contribution in [3.05, 3.63) is 11.3 Å². The van der Waals surface area contributed by atoms with Crippen molar-refractivity contribution in [3.8, 4) is 0 Å². The topological polar surface area (TPSA) is 29.5 Å². The Morgan fingerprint density at radius 3 is 1.93 bits per heavy atom. The van der Waals surface area contributed by atoms with E-state index < -0.39 is 0 Å². The molecule has 0 unspecified atom stereocenters. The molecule has 0 aliphatic rings. The van der Waals surface area contributed by atoms with Crippen molar-refractivity contribution in [1.29, 1.82) is 0 Å². The first-order chi connectivity index (χ1) is 6.54. The quantitative estimate of drug-likeness (QED) is 0.395. The maximum Gasteiger partial charge on any atom is 0.141 e. The molecule has 0 fully saturated rings. The second kappa shape index (κ2) is 6.88. The van der Waals surface area contributed by atoms with Crippen molar-refractivity contribution in [1.82, 2.24) is 0 Å². The fourth-order valence-corrected chi connectivity index (χ4v) is 1.89. The minimum absolute atomic E-state index is 0.439. The molecular weight excluding hydrogens is 176 g/mol. The Balaban J connectivity index is 4.70. The van der Waals surface area contributed by atoms with E-state index in [1.54, 1.807) is 0 Å². The second-order valence-electron chi connectivity index (χ2n) is 4.38. The molecule has 2 nitrogen and oxygen atoms in total. The van der Waals surface area contributed by atoms with Crippen LogP contribution in [0.5, 0.6) is 0 Å². The van der Waals surface area contributed by atoms with E-state index in [1.165, 1.54) is 5.57 Å². The lowest BCUT2D eigenvalue weighted by atomic mass is 9.90. The van der Waals surface area contributed by atoms with E-state index in [0.29, 0.717) is 11.8 Å². The van der Waals surface area contributed by atoms with Crippen molar-refractivity contribution < 1.29 is 10.1 Å². The van der Waals surface area contributed by atoms with Gasteiger partial charge in [0.15, 0.2) is 0 Å². The Morgan fingerprint density at radius 1 is 1.14 bits per heavy atom. The zero-order chi connectivity index (χ0) is 11.1. The summed E-state index contributed by atoms with van der Waals surface area (Å²) in [5.41, 5.74) is 1.24. The van der Waals surface area contributed by atoms with Gasteiger partial charge in [-0.15, -0.1) is 0 Å². The SMILES string of the molecule is CCCCC(OO)=C(C(C)C)C(C)C. The Kier molecular flexibility index (Phi) is 6.64. The van der Waals surface area contributed by atoms with Crippen LogP contribution in [0.25, 0.3) is 0 Å². The average molecular weight is 200 g/mol. The molecule has 0 saturated carbocycles. The lowest BCUT2D eigenvalue weighted by Gasteiger charge is -2.19. The predicted molar refractivity (Wildman–Crippen MR) is 59.9 cm³/mol. The Bertz CT molecular complexity index is 171. The third kappa shape index (κ3) is 4.14. The monoisotopic (exact) mass is 200 g/mol. The van der Waals surface area contributed by atoms with Gasteiger partial charge in [-0.1, -0.05) is 41.0 Å². The van der Waals surface area contributed by atoms with Crippen LogP contribution in [0.15, 0.2) is 11.3 Å². The maximum atomic E-state index is 8.86. The van der Waals surface area contributed by atoms with Gasteiger partial charge in [0.25, 0.3) is 0 Å². The number of allylic oxidation sites excluding steroid dienone is 2. The number of hydrogen-bond donors (Lipinski definition) is 1. The zero-order valence-corrected chi connectivity index (χ0v) is 10.1. The summed E-state index contributed by atoms with van der Waals surface area (Å²) in [6.45, 7) is 10.7. The molecule has 0 aromatic carbocycles. The fraction of sp³-hybridized carbons (Fsp3) is 0.833. The van der Waals surface area contributed by atoms with Crippen molar-refractivity contribution in [2.75, 3.05) is 0 Å². The van der Waals surface area contributed by atoms with Gasteiger partial charge in [0.05, 0.1) is 0 Å². The molecule has 84 valence electrons. The number of unbranched alkanes of at least 4 members (excludes halogenated alkanes) is 1. The smallest absolute Gasteiger partial charge is 0.141 e. The molecule has 0 bridgehead atoms. The Morgan fingerprint density at radius 2 is 1.64 bits per heavy atom. The van der Waals surface area contributed by atoms with Crippen molar-refractivity contribution in [2.45, 2.75) is 53.9 Å². The summed E-state index contributed by atoms with van der Waals surface area (Å²) in [6, 6.07) is 0. The molecule has 1 N–H and O–H groups in total. The number of hydrogen-bond acceptors (Lipinski definition) is 2. The molecule has 0 aromatic heterocycles. The molecule has 0 rings (SSSR count). The van der Waals surface area contributed by atoms with E-state index in [-0.39, 0.29) is 0 Å². The van der Waals surface area contributed by atoms with Gasteiger partial charge >= 0.3 is 0 Å². The standard InChI is InChI=1S/C12H24O2/c1-6-7-8-11(14-13)12(9(2)3)10(4)5/h9-10,13H,6-8H2,1-5H3. The van der Waals surface area contributed by atoms with Gasteiger partial charge in [0.1, 0.15) is 5.76 Å². The summed E-state index contributed by atoms with van der Waals surface area (Å²) in [4.78, 5) is 4.52. The van der Waals surface area contributed by atoms with Gasteiger partial charge in [-0.2, -0.15) is 0 Å². The highest BCUT2D eigenvalue weighted by Gasteiger charge is 2.15. The van der Waals surface area contributed by atoms with Crippen LogP contribution >= 0.6 is 0 Å². The summed E-state index contributed by atoms with van der Waals surface area (Å²) in [5, 5.41) is 8.86. The fourth-order valence-electron chi connectivity index (χ4n) is 1.89. The van der Waals surface area contributed by atoms with E-state index >= 15 is 0 Å². The molecule has 0 radical (unpaired) electrons. The van der Waals surface area contributed by atoms with Crippen LogP contribution < -0.4 is 0 Å². The van der Waals surface area contributed by atoms with Crippen molar-refractivity contribution in [2.24, 2.45) is 11.8 Å². The molecule has 0 aliphatic heterocycles. The minimum atomic E-state index is 0.439. The van der Waals surface area contributed by atoms with Crippen LogP contribution in [0, 0.1) is 11.8 Å². The summed E-state index contributed by atoms with van der Waals surface area (Å²) in [6.07, 6.45) is 3.04. The van der Waals surface area contributed by atoms with Gasteiger partial charge in [-0.25, -0.2) is 5.26 Å². The second-order valence-corrected chi connectivity index (χ2v) is 4.38. The lowest BCUT2D eigenvalue weighted by molar-refractivity contribution is -0.207. The molecule has 0 saturated heterocycles. The Hall–Kier alpha value is -0.500. The summed E-state index contributed by atoms with van der Waals surface area (Å²) >= 11 is 0. The highest BCUT2D eigenvalue weighted by Crippen LogP contribution is 2.26.